The van der Waals surface area contributed by atoms with Gasteiger partial charge in [0.1, 0.15) is 78.0 Å². The maximum Gasteiger partial charge on any atom is 0.325 e. The van der Waals surface area contributed by atoms with Crippen LogP contribution in [0.3, 0.4) is 0 Å². The van der Waals surface area contributed by atoms with E-state index in [1.54, 1.807) is 116 Å². The van der Waals surface area contributed by atoms with Crippen LogP contribution in [0.1, 0.15) is 66.5 Å². The van der Waals surface area contributed by atoms with Gasteiger partial charge in [-0.05, 0) is 96.5 Å². The molecular weight excluding hydrogens is 1450 g/mol. The Balaban J connectivity index is 0.896. The number of hydrogen-bond acceptors (Lipinski definition) is 18. The number of nitrogens with one attached hydrogen (secondary N) is 12. The van der Waals surface area contributed by atoms with Crippen LogP contribution in [0.25, 0.3) is 21.8 Å². The van der Waals surface area contributed by atoms with Gasteiger partial charge in [0.05, 0.1) is 25.7 Å². The van der Waals surface area contributed by atoms with Gasteiger partial charge in [-0.1, -0.05) is 121 Å². The van der Waals surface area contributed by atoms with Gasteiger partial charge in [0.25, 0.3) is 0 Å². The molecule has 0 aliphatic carbocycles. The van der Waals surface area contributed by atoms with E-state index in [4.69, 9.17) is 11.5 Å². The first kappa shape index (κ1) is 83.0. The standard InChI is InChI=1S/C79H91N15O18/c1-43(79(111)112)85-70(102)61(36-49-39-82-55-20-11-9-18-53(49)55)89-75(107)64(42-95)93-73(105)60(35-48-25-29-52(98)30-26-48)87-71(103)58(34-47-23-27-51(97)28-24-47)86-67(100)41-84-69(101)57(32-45-14-5-3-6-15-45)90-76(108)65-22-13-31-94(65)78(110)63(38-66(80)99)92-72(104)59(33-46-16-7-4-8-17-46)88-74(106)62(91-77(109)68(81)44(2)96)37-50-40-83-56-21-12-10-19-54(50)56/h3-12,14-21,23-30,39-40,43-44,57-65,68,82-83,95-98H,13,22,31-38,41-42,81H2,1-2H3,(H2,80,99)(H,84,101)(H,85,102)(H,86,100)(H,87,103)(H,88,106)(H,89,107)(H,90,108)(H,91,109)(H,92,104)(H,93,105)(H,111,112)/t43-,44+,57-,58-,59-,60-,61-,62-,63-,64-,65-,68-/m0/s1. The number of nitrogens with zero attached hydrogens (tertiary/aromatic N) is 1. The molecule has 8 aromatic rings. The van der Waals surface area contributed by atoms with Gasteiger partial charge in [-0.15, -0.1) is 0 Å². The molecule has 1 aliphatic heterocycles. The molecule has 0 spiro atoms. The Morgan fingerprint density at radius 2 is 0.848 bits per heavy atom. The lowest BCUT2D eigenvalue weighted by Crippen LogP contribution is -2.61. The van der Waals surface area contributed by atoms with Crippen LogP contribution in [0.4, 0.5) is 0 Å². The number of carboxylic acid groups (broad SMARTS) is 1. The molecule has 2 aromatic heterocycles. The Hall–Kier alpha value is -13.0. The van der Waals surface area contributed by atoms with Crippen molar-refractivity contribution < 1.29 is 87.9 Å². The van der Waals surface area contributed by atoms with E-state index in [0.717, 1.165) is 15.8 Å². The number of carbonyl (C=O) groups is 13. The molecule has 112 heavy (non-hydrogen) atoms. The van der Waals surface area contributed by atoms with Crippen LogP contribution >= 0.6 is 0 Å². The molecule has 0 unspecified atom stereocenters. The normalized spacial score (nSPS) is 15.5. The first-order valence-corrected chi connectivity index (χ1v) is 36.2. The number of para-hydroxylation sites is 2. The van der Waals surface area contributed by atoms with Crippen molar-refractivity contribution in [2.45, 2.75) is 144 Å². The molecule has 0 radical (unpaired) electrons. The number of likely N-dealkylation sites (tertiary alicyclic amines) is 1. The minimum Gasteiger partial charge on any atom is -0.508 e. The maximum absolute atomic E-state index is 14.9. The fourth-order valence-electron chi connectivity index (χ4n) is 12.9. The Morgan fingerprint density at radius 1 is 0.464 bits per heavy atom. The topological polar surface area (TPSA) is 530 Å². The Kier molecular flexibility index (Phi) is 29.2. The van der Waals surface area contributed by atoms with E-state index in [9.17, 15) is 87.9 Å². The van der Waals surface area contributed by atoms with E-state index in [-0.39, 0.29) is 69.4 Å². The summed E-state index contributed by atoms with van der Waals surface area (Å²) >= 11 is 0. The summed E-state index contributed by atoms with van der Waals surface area (Å²) in [5.41, 5.74) is 16.1. The van der Waals surface area contributed by atoms with Crippen LogP contribution in [0.5, 0.6) is 11.5 Å². The fraction of sp³-hybridized carbons (Fsp3) is 0.329. The number of primary amides is 1. The van der Waals surface area contributed by atoms with Crippen molar-refractivity contribution in [3.63, 3.8) is 0 Å². The number of phenolic OH excluding ortho intramolecular Hbond substituents is 2. The highest BCUT2D eigenvalue weighted by Gasteiger charge is 2.42. The number of fused-ring (bicyclic) bond motifs is 2. The number of carbonyl (C=O) groups excluding carboxylic acids is 12. The largest absolute Gasteiger partial charge is 0.508 e. The monoisotopic (exact) mass is 1540 g/mol. The number of aromatic hydroxyl groups is 2. The van der Waals surface area contributed by atoms with Crippen LogP contribution in [-0.4, -0.2) is 210 Å². The Labute approximate surface area is 642 Å². The van der Waals surface area contributed by atoms with Crippen LogP contribution in [0.15, 0.2) is 170 Å². The van der Waals surface area contributed by atoms with E-state index in [1.807, 2.05) is 6.07 Å². The van der Waals surface area contributed by atoms with Crippen molar-refractivity contribution in [3.05, 3.63) is 203 Å². The predicted molar refractivity (Wildman–Crippen MR) is 407 cm³/mol. The maximum atomic E-state index is 14.9. The highest BCUT2D eigenvalue weighted by Crippen LogP contribution is 2.24. The van der Waals surface area contributed by atoms with Crippen LogP contribution in [0.2, 0.25) is 0 Å². The van der Waals surface area contributed by atoms with E-state index >= 15 is 0 Å². The van der Waals surface area contributed by atoms with E-state index < -0.39 is 169 Å². The molecule has 1 saturated heterocycles. The number of aromatic amines is 2. The number of amides is 12. The first-order chi connectivity index (χ1) is 53.6. The van der Waals surface area contributed by atoms with Gasteiger partial charge in [-0.25, -0.2) is 0 Å². The molecule has 0 saturated carbocycles. The molecule has 12 atom stereocenters. The average molecular weight is 1540 g/mol. The number of aliphatic carboxylic acids is 1. The summed E-state index contributed by atoms with van der Waals surface area (Å²) in [5.74, 6) is -13.2. The highest BCUT2D eigenvalue weighted by atomic mass is 16.4. The number of rotatable bonds is 38. The summed E-state index contributed by atoms with van der Waals surface area (Å²) in [7, 11) is 0. The summed E-state index contributed by atoms with van der Waals surface area (Å²) in [5, 5.41) is 77.7. The number of phenols is 2. The van der Waals surface area contributed by atoms with Crippen molar-refractivity contribution in [1.29, 1.82) is 0 Å². The lowest BCUT2D eigenvalue weighted by atomic mass is 10.0. The van der Waals surface area contributed by atoms with Crippen molar-refractivity contribution in [1.82, 2.24) is 68.0 Å². The van der Waals surface area contributed by atoms with E-state index in [1.165, 1.54) is 62.4 Å². The number of hydrogen-bond donors (Lipinski definition) is 19. The molecule has 9 rings (SSSR count). The second-order valence-corrected chi connectivity index (χ2v) is 27.4. The fourth-order valence-corrected chi connectivity index (χ4v) is 12.9. The van der Waals surface area contributed by atoms with Crippen LogP contribution in [-0.2, 0) is 101 Å². The molecule has 1 aliphatic rings. The lowest BCUT2D eigenvalue weighted by molar-refractivity contribution is -0.143. The molecule has 21 N–H and O–H groups in total. The summed E-state index contributed by atoms with van der Waals surface area (Å²) in [6.07, 6.45) is 0.0913. The average Bonchev–Trinajstić information content (AvgIpc) is 1.64. The second kappa shape index (κ2) is 39.4. The summed E-state index contributed by atoms with van der Waals surface area (Å²) < 4.78 is 0. The van der Waals surface area contributed by atoms with Gasteiger partial charge in [-0.2, -0.15) is 0 Å². The van der Waals surface area contributed by atoms with Crippen LogP contribution in [0, 0.1) is 0 Å². The molecule has 12 amide bonds. The summed E-state index contributed by atoms with van der Waals surface area (Å²) in [4.78, 5) is 190. The molecule has 6 aromatic carbocycles. The van der Waals surface area contributed by atoms with Gasteiger partial charge < -0.3 is 105 Å². The molecule has 33 heteroatoms. The summed E-state index contributed by atoms with van der Waals surface area (Å²) in [6, 6.07) is 25.4. The number of H-pyrrole nitrogens is 2. The molecule has 0 bridgehead atoms. The van der Waals surface area contributed by atoms with Crippen molar-refractivity contribution in [3.8, 4) is 11.5 Å². The molecule has 33 nitrogen and oxygen atoms in total. The molecular formula is C79H91N15O18. The van der Waals surface area contributed by atoms with Gasteiger partial charge >= 0.3 is 5.97 Å². The number of aromatic nitrogens is 2. The number of carboxylic acids is 1. The minimum atomic E-state index is -1.81. The van der Waals surface area contributed by atoms with E-state index in [0.29, 0.717) is 44.3 Å². The SMILES string of the molecule is C[C@H](NC(=O)[C@H](Cc1c[nH]c2ccccc12)NC(=O)[C@H](CO)NC(=O)[C@H](Cc1ccc(O)cc1)NC(=O)[C@H](Cc1ccc(O)cc1)NC(=O)CNC(=O)[C@H](Cc1ccccc1)NC(=O)[C@@H]1CCCN1C(=O)[C@H](CC(N)=O)NC(=O)[C@H](Cc1ccccc1)NC(=O)[C@H](Cc1c[nH]c2ccccc12)NC(=O)[C@@H](N)[C@@H](C)O)C(=O)O. The highest BCUT2D eigenvalue weighted by molar-refractivity contribution is 6.01. The number of benzene rings is 6. The van der Waals surface area contributed by atoms with Crippen molar-refractivity contribution >= 4 is 98.7 Å². The Bertz CT molecular complexity index is 4670. The summed E-state index contributed by atoms with van der Waals surface area (Å²) in [6.45, 7) is 0.528. The first-order valence-electron chi connectivity index (χ1n) is 36.2. The zero-order valence-corrected chi connectivity index (χ0v) is 61.2. The number of aliphatic hydroxyl groups excluding tert-OH is 2. The quantitative estimate of drug-likeness (QED) is 0.0220. The number of nitrogens with two attached hydrogens (primary N) is 2. The number of aliphatic hydroxyl groups is 2. The van der Waals surface area contributed by atoms with Crippen molar-refractivity contribution in [2.75, 3.05) is 19.7 Å². The molecule has 590 valence electrons. The molecule has 3 heterocycles. The Morgan fingerprint density at radius 3 is 1.29 bits per heavy atom. The zero-order chi connectivity index (χ0) is 80.7. The second-order valence-electron chi connectivity index (χ2n) is 27.4. The van der Waals surface area contributed by atoms with Gasteiger partial charge in [0, 0.05) is 79.3 Å². The van der Waals surface area contributed by atoms with Gasteiger partial charge in [0.2, 0.25) is 70.9 Å². The van der Waals surface area contributed by atoms with Gasteiger partial charge in [-0.3, -0.25) is 62.3 Å². The third-order valence-corrected chi connectivity index (χ3v) is 19.0. The zero-order valence-electron chi connectivity index (χ0n) is 61.2. The predicted octanol–water partition coefficient (Wildman–Crippen LogP) is -1.03. The van der Waals surface area contributed by atoms with Crippen LogP contribution < -0.4 is 64.6 Å². The van der Waals surface area contributed by atoms with Gasteiger partial charge in [0.15, 0.2) is 0 Å². The minimum absolute atomic E-state index is 0.0236. The van der Waals surface area contributed by atoms with E-state index in [2.05, 4.69) is 63.1 Å². The smallest absolute Gasteiger partial charge is 0.325 e. The third kappa shape index (κ3) is 23.3. The van der Waals surface area contributed by atoms with Crippen molar-refractivity contribution in [2.24, 2.45) is 11.5 Å². The molecule has 1 fully saturated rings. The lowest BCUT2D eigenvalue weighted by Gasteiger charge is -2.30. The third-order valence-electron chi connectivity index (χ3n) is 19.0.